The van der Waals surface area contributed by atoms with Crippen molar-refractivity contribution < 1.29 is 14.4 Å². The van der Waals surface area contributed by atoms with Gasteiger partial charge >= 0.3 is 0 Å². The number of hydrogen-bond donors (Lipinski definition) is 6. The van der Waals surface area contributed by atoms with Crippen LogP contribution in [0.5, 0.6) is 0 Å². The molecule has 2 heterocycles. The van der Waals surface area contributed by atoms with Crippen molar-refractivity contribution in [3.05, 3.63) is 47.0 Å². The molecular formula is C19H21ClN8O3. The first kappa shape index (κ1) is 23.2. The van der Waals surface area contributed by atoms with Crippen LogP contribution in [0.15, 0.2) is 24.8 Å². The monoisotopic (exact) mass is 444 g/mol. The first-order chi connectivity index (χ1) is 14.3. The topological polar surface area (TPSA) is 199 Å². The Morgan fingerprint density at radius 2 is 1.42 bits per heavy atom. The Morgan fingerprint density at radius 3 is 1.90 bits per heavy atom. The molecule has 0 atom stereocenters. The number of primary amides is 2. The number of aryl methyl sites for hydroxylation is 2. The van der Waals surface area contributed by atoms with E-state index in [1.54, 1.807) is 13.0 Å². The number of nitrogens with two attached hydrogens (primary N) is 3. The highest BCUT2D eigenvalue weighted by atomic mass is 35.5. The molecule has 31 heavy (non-hydrogen) atoms. The van der Waals surface area contributed by atoms with Gasteiger partial charge in [0.05, 0.1) is 45.8 Å². The molecule has 11 nitrogen and oxygen atoms in total. The fourth-order valence-corrected chi connectivity index (χ4v) is 3.09. The molecule has 4 aromatic rings. The second-order valence-electron chi connectivity index (χ2n) is 6.48. The van der Waals surface area contributed by atoms with E-state index in [9.17, 15) is 14.4 Å². The summed E-state index contributed by atoms with van der Waals surface area (Å²) < 4.78 is 0. The van der Waals surface area contributed by atoms with Gasteiger partial charge in [-0.25, -0.2) is 9.97 Å². The molecule has 0 saturated heterocycles. The molecule has 0 spiro atoms. The number of nitrogens with zero attached hydrogens (tertiary/aromatic N) is 2. The third-order valence-electron chi connectivity index (χ3n) is 4.70. The first-order valence-electron chi connectivity index (χ1n) is 8.74. The number of carbonyl (C=O) groups is 3. The highest BCUT2D eigenvalue weighted by Crippen LogP contribution is 2.26. The third-order valence-corrected chi connectivity index (χ3v) is 4.70. The van der Waals surface area contributed by atoms with Crippen LogP contribution >= 0.6 is 12.4 Å². The number of nitrogen functional groups attached to an aromatic ring is 1. The minimum atomic E-state index is -0.566. The van der Waals surface area contributed by atoms with Crippen LogP contribution in [-0.4, -0.2) is 38.2 Å². The molecule has 0 aliphatic heterocycles. The Hall–Kier alpha value is -4.12. The van der Waals surface area contributed by atoms with Crippen molar-refractivity contribution in [3.8, 4) is 0 Å². The summed E-state index contributed by atoms with van der Waals surface area (Å²) in [4.78, 5) is 46.6. The standard InChI is InChI=1S/C10H10N4O2.C9H10N4O.ClH/c1-5-7(14-4-15)2-6(10(11)16)9-8(5)12-3-13-9;1-4-6(10)2-5(9(11)14)8-7(4)12-3-13-8;/h2-4H,1H3,(H2,11,16)(H,12,13)(H,14,15);2-3H,10H2,1H3,(H2,11,14)(H,12,13);1H. The normalized spacial score (nSPS) is 10.1. The second kappa shape index (κ2) is 9.13. The number of amides is 3. The molecule has 12 heteroatoms. The van der Waals surface area contributed by atoms with Gasteiger partial charge < -0.3 is 32.5 Å². The Kier molecular flexibility index (Phi) is 6.82. The van der Waals surface area contributed by atoms with E-state index in [0.29, 0.717) is 51.0 Å². The molecule has 0 radical (unpaired) electrons. The number of carbonyl (C=O) groups excluding carboxylic acids is 3. The van der Waals surface area contributed by atoms with Gasteiger partial charge in [-0.3, -0.25) is 14.4 Å². The van der Waals surface area contributed by atoms with Crippen molar-refractivity contribution in [2.45, 2.75) is 13.8 Å². The van der Waals surface area contributed by atoms with E-state index in [1.165, 1.54) is 18.7 Å². The molecule has 0 bridgehead atoms. The molecule has 0 fully saturated rings. The molecule has 9 N–H and O–H groups in total. The summed E-state index contributed by atoms with van der Waals surface area (Å²) >= 11 is 0. The maximum absolute atomic E-state index is 11.2. The zero-order chi connectivity index (χ0) is 22.0. The van der Waals surface area contributed by atoms with Gasteiger partial charge in [0.25, 0.3) is 11.8 Å². The molecule has 3 amide bonds. The van der Waals surface area contributed by atoms with E-state index in [4.69, 9.17) is 17.2 Å². The number of rotatable bonds is 4. The van der Waals surface area contributed by atoms with Crippen molar-refractivity contribution in [1.29, 1.82) is 0 Å². The van der Waals surface area contributed by atoms with Crippen LogP contribution in [0.1, 0.15) is 31.8 Å². The van der Waals surface area contributed by atoms with Crippen LogP contribution in [0.2, 0.25) is 0 Å². The van der Waals surface area contributed by atoms with Gasteiger partial charge in [0.2, 0.25) is 6.41 Å². The summed E-state index contributed by atoms with van der Waals surface area (Å²) in [5.41, 5.74) is 22.1. The lowest BCUT2D eigenvalue weighted by Crippen LogP contribution is -2.13. The number of nitrogens with one attached hydrogen (secondary N) is 3. The lowest BCUT2D eigenvalue weighted by atomic mass is 10.1. The third kappa shape index (κ3) is 4.26. The summed E-state index contributed by atoms with van der Waals surface area (Å²) in [6.07, 6.45) is 3.55. The fraction of sp³-hybridized carbons (Fsp3) is 0.105. The van der Waals surface area contributed by atoms with Crippen molar-refractivity contribution in [3.63, 3.8) is 0 Å². The predicted octanol–water partition coefficient (Wildman–Crippen LogP) is 1.51. The Balaban J connectivity index is 0.000000215. The zero-order valence-electron chi connectivity index (χ0n) is 16.6. The van der Waals surface area contributed by atoms with E-state index >= 15 is 0 Å². The average Bonchev–Trinajstić information content (AvgIpc) is 3.37. The highest BCUT2D eigenvalue weighted by molar-refractivity contribution is 6.07. The molecule has 0 aliphatic rings. The van der Waals surface area contributed by atoms with Crippen LogP contribution in [0.4, 0.5) is 11.4 Å². The second-order valence-corrected chi connectivity index (χ2v) is 6.48. The number of halogens is 1. The number of benzene rings is 2. The molecule has 0 unspecified atom stereocenters. The average molecular weight is 445 g/mol. The van der Waals surface area contributed by atoms with E-state index in [2.05, 4.69) is 25.3 Å². The summed E-state index contributed by atoms with van der Waals surface area (Å²) in [5, 5.41) is 2.51. The molecule has 2 aromatic carbocycles. The van der Waals surface area contributed by atoms with Gasteiger partial charge in [-0.15, -0.1) is 12.4 Å². The van der Waals surface area contributed by atoms with E-state index in [1.807, 2.05) is 6.92 Å². The van der Waals surface area contributed by atoms with Crippen LogP contribution in [0.25, 0.3) is 22.1 Å². The van der Waals surface area contributed by atoms with Crippen molar-refractivity contribution in [2.75, 3.05) is 11.1 Å². The number of aromatic nitrogens is 4. The Labute approximate surface area is 182 Å². The summed E-state index contributed by atoms with van der Waals surface area (Å²) in [5.74, 6) is -1.07. The predicted molar refractivity (Wildman–Crippen MR) is 120 cm³/mol. The summed E-state index contributed by atoms with van der Waals surface area (Å²) in [7, 11) is 0. The summed E-state index contributed by atoms with van der Waals surface area (Å²) in [6.45, 7) is 3.66. The molecule has 0 saturated carbocycles. The lowest BCUT2D eigenvalue weighted by Gasteiger charge is -2.07. The number of H-pyrrole nitrogens is 2. The quantitative estimate of drug-likeness (QED) is 0.203. The fourth-order valence-electron chi connectivity index (χ4n) is 3.09. The van der Waals surface area contributed by atoms with Gasteiger partial charge in [0.15, 0.2) is 0 Å². The SMILES string of the molecule is Cc1c(N)cc(C(N)=O)c2[nH]cnc12.Cc1c(NC=O)cc(C(N)=O)c2[nH]cnc12.Cl. The van der Waals surface area contributed by atoms with Gasteiger partial charge in [0, 0.05) is 16.9 Å². The highest BCUT2D eigenvalue weighted by Gasteiger charge is 2.14. The van der Waals surface area contributed by atoms with Crippen LogP contribution < -0.4 is 22.5 Å². The smallest absolute Gasteiger partial charge is 0.250 e. The van der Waals surface area contributed by atoms with E-state index in [0.717, 1.165) is 11.1 Å². The molecular weight excluding hydrogens is 424 g/mol. The number of hydrogen-bond acceptors (Lipinski definition) is 6. The van der Waals surface area contributed by atoms with Gasteiger partial charge in [-0.05, 0) is 31.5 Å². The van der Waals surface area contributed by atoms with Crippen LogP contribution in [0, 0.1) is 13.8 Å². The summed E-state index contributed by atoms with van der Waals surface area (Å²) in [6, 6.07) is 3.10. The first-order valence-corrected chi connectivity index (χ1v) is 8.74. The molecule has 4 rings (SSSR count). The van der Waals surface area contributed by atoms with Gasteiger partial charge in [-0.1, -0.05) is 0 Å². The minimum Gasteiger partial charge on any atom is -0.398 e. The molecule has 2 aromatic heterocycles. The molecule has 0 aliphatic carbocycles. The van der Waals surface area contributed by atoms with Gasteiger partial charge in [0.1, 0.15) is 0 Å². The number of anilines is 2. The van der Waals surface area contributed by atoms with Crippen molar-refractivity contribution in [2.24, 2.45) is 11.5 Å². The number of aromatic amines is 2. The zero-order valence-corrected chi connectivity index (χ0v) is 17.5. The number of fused-ring (bicyclic) bond motifs is 2. The van der Waals surface area contributed by atoms with Crippen molar-refractivity contribution in [1.82, 2.24) is 19.9 Å². The van der Waals surface area contributed by atoms with E-state index < -0.39 is 11.8 Å². The number of imidazole rings is 2. The van der Waals surface area contributed by atoms with Gasteiger partial charge in [-0.2, -0.15) is 0 Å². The maximum Gasteiger partial charge on any atom is 0.250 e. The minimum absolute atomic E-state index is 0. The van der Waals surface area contributed by atoms with E-state index in [-0.39, 0.29) is 12.4 Å². The maximum atomic E-state index is 11.2. The Morgan fingerprint density at radius 1 is 0.935 bits per heavy atom. The largest absolute Gasteiger partial charge is 0.398 e. The Bertz CT molecular complexity index is 1290. The molecule has 162 valence electrons. The van der Waals surface area contributed by atoms with Crippen LogP contribution in [0.3, 0.4) is 0 Å². The lowest BCUT2D eigenvalue weighted by molar-refractivity contribution is -0.105. The van der Waals surface area contributed by atoms with Crippen molar-refractivity contribution >= 4 is 64.1 Å². The van der Waals surface area contributed by atoms with Crippen LogP contribution in [-0.2, 0) is 4.79 Å².